The molecule has 7 nitrogen and oxygen atoms in total. The van der Waals surface area contributed by atoms with Gasteiger partial charge in [-0.15, -0.1) is 10.2 Å². The summed E-state index contributed by atoms with van der Waals surface area (Å²) in [5.41, 5.74) is 1.12. The van der Waals surface area contributed by atoms with Gasteiger partial charge in [-0.3, -0.25) is 4.72 Å². The molecule has 3 rings (SSSR count). The maximum absolute atomic E-state index is 12.1. The third-order valence-corrected chi connectivity index (χ3v) is 5.02. The number of anilines is 2. The van der Waals surface area contributed by atoms with Gasteiger partial charge in [0.1, 0.15) is 11.6 Å². The minimum atomic E-state index is -3.45. The van der Waals surface area contributed by atoms with Crippen molar-refractivity contribution in [3.63, 3.8) is 0 Å². The van der Waals surface area contributed by atoms with Crippen molar-refractivity contribution in [2.45, 2.75) is 19.4 Å². The zero-order chi connectivity index (χ0) is 18.2. The number of aromatic nitrogens is 2. The Labute approximate surface area is 152 Å². The van der Waals surface area contributed by atoms with Crippen molar-refractivity contribution in [1.82, 2.24) is 10.2 Å². The first-order valence-corrected chi connectivity index (χ1v) is 9.90. The number of hydrogen-bond acceptors (Lipinski definition) is 6. The second-order valence-corrected chi connectivity index (χ2v) is 7.59. The first-order valence-electron chi connectivity index (χ1n) is 8.25. The Morgan fingerprint density at radius 3 is 2.38 bits per heavy atom. The van der Waals surface area contributed by atoms with Gasteiger partial charge < -0.3 is 9.73 Å². The van der Waals surface area contributed by atoms with E-state index in [0.29, 0.717) is 25.2 Å². The molecule has 2 N–H and O–H groups in total. The number of furan rings is 1. The van der Waals surface area contributed by atoms with Crippen LogP contribution in [0.15, 0.2) is 65.3 Å². The van der Waals surface area contributed by atoms with E-state index in [2.05, 4.69) is 20.2 Å². The van der Waals surface area contributed by atoms with Crippen LogP contribution in [0.4, 0.5) is 11.6 Å². The Hall–Kier alpha value is -2.87. The van der Waals surface area contributed by atoms with E-state index in [9.17, 15) is 8.42 Å². The summed E-state index contributed by atoms with van der Waals surface area (Å²) in [4.78, 5) is 0. The van der Waals surface area contributed by atoms with Crippen molar-refractivity contribution < 1.29 is 12.8 Å². The van der Waals surface area contributed by atoms with Crippen LogP contribution in [0.2, 0.25) is 0 Å². The maximum atomic E-state index is 12.1. The third-order valence-electron chi connectivity index (χ3n) is 3.67. The predicted octanol–water partition coefficient (Wildman–Crippen LogP) is 3.06. The highest BCUT2D eigenvalue weighted by Crippen LogP contribution is 2.11. The van der Waals surface area contributed by atoms with E-state index in [1.807, 2.05) is 36.4 Å². The molecule has 3 aromatic rings. The number of aryl methyl sites for hydroxylation is 1. The number of rotatable bonds is 9. The lowest BCUT2D eigenvalue weighted by atomic mass is 10.1. The van der Waals surface area contributed by atoms with Crippen molar-refractivity contribution in [2.24, 2.45) is 0 Å². The van der Waals surface area contributed by atoms with E-state index in [-0.39, 0.29) is 11.6 Å². The third kappa shape index (κ3) is 5.59. The lowest BCUT2D eigenvalue weighted by molar-refractivity contribution is 0.517. The lowest BCUT2D eigenvalue weighted by Gasteiger charge is -2.08. The van der Waals surface area contributed by atoms with Gasteiger partial charge in [0.05, 0.1) is 18.6 Å². The maximum Gasteiger partial charge on any atom is 0.233 e. The van der Waals surface area contributed by atoms with Gasteiger partial charge in [0.25, 0.3) is 0 Å². The molecule has 26 heavy (non-hydrogen) atoms. The summed E-state index contributed by atoms with van der Waals surface area (Å²) in [5.74, 6) is 1.54. The highest BCUT2D eigenvalue weighted by molar-refractivity contribution is 7.92. The Balaban J connectivity index is 1.47. The van der Waals surface area contributed by atoms with Gasteiger partial charge in [-0.2, -0.15) is 0 Å². The van der Waals surface area contributed by atoms with E-state index in [1.165, 1.54) is 0 Å². The molecule has 0 aliphatic carbocycles. The topological polar surface area (TPSA) is 97.1 Å². The molecule has 0 radical (unpaired) electrons. The molecule has 0 spiro atoms. The summed E-state index contributed by atoms with van der Waals surface area (Å²) in [6.45, 7) is 0.478. The van der Waals surface area contributed by atoms with Crippen LogP contribution in [0.25, 0.3) is 0 Å². The summed E-state index contributed by atoms with van der Waals surface area (Å²) in [7, 11) is -3.45. The molecule has 0 bridgehead atoms. The lowest BCUT2D eigenvalue weighted by Crippen LogP contribution is -2.18. The van der Waals surface area contributed by atoms with Crippen LogP contribution >= 0.6 is 0 Å². The second kappa shape index (κ2) is 8.48. The average Bonchev–Trinajstić information content (AvgIpc) is 3.15. The molecule has 2 aromatic heterocycles. The first-order chi connectivity index (χ1) is 12.6. The van der Waals surface area contributed by atoms with Crippen molar-refractivity contribution in [3.05, 3.63) is 72.2 Å². The molecule has 0 fully saturated rings. The minimum absolute atomic E-state index is 0.0298. The van der Waals surface area contributed by atoms with Crippen LogP contribution in [0.1, 0.15) is 17.7 Å². The molecule has 0 aliphatic heterocycles. The van der Waals surface area contributed by atoms with Gasteiger partial charge in [0.15, 0.2) is 5.82 Å². The van der Waals surface area contributed by atoms with Crippen LogP contribution in [-0.4, -0.2) is 24.4 Å². The van der Waals surface area contributed by atoms with Crippen LogP contribution in [0.3, 0.4) is 0 Å². The standard InChI is InChI=1S/C18H20N4O3S/c23-26(24,13-5-8-15-6-2-1-3-7-15)22-18-11-10-17(20-21-18)19-14-16-9-4-12-25-16/h1-4,6-7,9-12H,5,8,13-14H2,(H,19,20)(H,21,22). The summed E-state index contributed by atoms with van der Waals surface area (Å²) in [6.07, 6.45) is 2.84. The number of nitrogens with one attached hydrogen (secondary N) is 2. The van der Waals surface area contributed by atoms with Crippen molar-refractivity contribution in [1.29, 1.82) is 0 Å². The molecule has 0 unspecified atom stereocenters. The van der Waals surface area contributed by atoms with Crippen LogP contribution in [0, 0.1) is 0 Å². The molecule has 0 saturated carbocycles. The Morgan fingerprint density at radius 1 is 0.923 bits per heavy atom. The monoisotopic (exact) mass is 372 g/mol. The van der Waals surface area contributed by atoms with Gasteiger partial charge in [-0.25, -0.2) is 8.42 Å². The molecule has 136 valence electrons. The quantitative estimate of drug-likeness (QED) is 0.599. The van der Waals surface area contributed by atoms with Gasteiger partial charge in [-0.1, -0.05) is 30.3 Å². The molecule has 2 heterocycles. The molecular formula is C18H20N4O3S. The molecule has 0 atom stereocenters. The van der Waals surface area contributed by atoms with Gasteiger partial charge in [0, 0.05) is 0 Å². The average molecular weight is 372 g/mol. The summed E-state index contributed by atoms with van der Waals surface area (Å²) >= 11 is 0. The van der Waals surface area contributed by atoms with E-state index >= 15 is 0 Å². The number of nitrogens with zero attached hydrogens (tertiary/aromatic N) is 2. The van der Waals surface area contributed by atoms with E-state index in [4.69, 9.17) is 4.42 Å². The highest BCUT2D eigenvalue weighted by atomic mass is 32.2. The highest BCUT2D eigenvalue weighted by Gasteiger charge is 2.11. The summed E-state index contributed by atoms with van der Waals surface area (Å²) < 4.78 is 32.0. The van der Waals surface area contributed by atoms with Crippen LogP contribution in [0.5, 0.6) is 0 Å². The largest absolute Gasteiger partial charge is 0.467 e. The fourth-order valence-electron chi connectivity index (χ4n) is 2.39. The zero-order valence-corrected chi connectivity index (χ0v) is 14.9. The number of hydrogen-bond donors (Lipinski definition) is 2. The van der Waals surface area contributed by atoms with Crippen molar-refractivity contribution >= 4 is 21.7 Å². The Bertz CT molecular complexity index is 895. The normalized spacial score (nSPS) is 11.2. The van der Waals surface area contributed by atoms with Gasteiger partial charge in [0.2, 0.25) is 10.0 Å². The fourth-order valence-corrected chi connectivity index (χ4v) is 3.45. The molecule has 0 aliphatic rings. The first kappa shape index (κ1) is 17.9. The smallest absolute Gasteiger partial charge is 0.233 e. The van der Waals surface area contributed by atoms with Gasteiger partial charge >= 0.3 is 0 Å². The SMILES string of the molecule is O=S(=O)(CCCc1ccccc1)Nc1ccc(NCc2ccco2)nn1. The zero-order valence-electron chi connectivity index (χ0n) is 14.1. The van der Waals surface area contributed by atoms with Crippen LogP contribution < -0.4 is 10.0 Å². The van der Waals surface area contributed by atoms with Crippen molar-refractivity contribution in [3.8, 4) is 0 Å². The predicted molar refractivity (Wildman–Crippen MR) is 100 cm³/mol. The molecule has 0 amide bonds. The number of benzene rings is 1. The molecule has 8 heteroatoms. The Kier molecular flexibility index (Phi) is 5.85. The second-order valence-electron chi connectivity index (χ2n) is 5.75. The van der Waals surface area contributed by atoms with E-state index < -0.39 is 10.0 Å². The Morgan fingerprint density at radius 2 is 1.69 bits per heavy atom. The van der Waals surface area contributed by atoms with E-state index in [1.54, 1.807) is 24.5 Å². The van der Waals surface area contributed by atoms with Crippen LogP contribution in [-0.2, 0) is 23.0 Å². The fraction of sp³-hybridized carbons (Fsp3) is 0.222. The number of sulfonamides is 1. The minimum Gasteiger partial charge on any atom is -0.467 e. The van der Waals surface area contributed by atoms with Gasteiger partial charge in [-0.05, 0) is 42.7 Å². The van der Waals surface area contributed by atoms with E-state index in [0.717, 1.165) is 11.3 Å². The summed E-state index contributed by atoms with van der Waals surface area (Å²) in [6, 6.07) is 16.7. The molecule has 1 aromatic carbocycles. The molecular weight excluding hydrogens is 352 g/mol. The van der Waals surface area contributed by atoms with Crippen molar-refractivity contribution in [2.75, 3.05) is 15.8 Å². The summed E-state index contributed by atoms with van der Waals surface area (Å²) in [5, 5.41) is 10.9. The molecule has 0 saturated heterocycles.